The van der Waals surface area contributed by atoms with Gasteiger partial charge in [-0.2, -0.15) is 0 Å². The number of imide groups is 1. The molecule has 1 aliphatic heterocycles. The zero-order valence-corrected chi connectivity index (χ0v) is 21.9. The fourth-order valence-corrected chi connectivity index (χ4v) is 4.64. The zero-order valence-electron chi connectivity index (χ0n) is 20.3. The highest BCUT2D eigenvalue weighted by atomic mass is 35.5. The number of methoxy groups -OCH3 is 1. The number of halogens is 1. The average molecular weight is 504 g/mol. The molecule has 1 saturated heterocycles. The van der Waals surface area contributed by atoms with Crippen LogP contribution in [0.3, 0.4) is 0 Å². The van der Waals surface area contributed by atoms with Crippen LogP contribution >= 0.6 is 23.4 Å². The van der Waals surface area contributed by atoms with Crippen LogP contribution < -0.4 is 14.2 Å². The van der Waals surface area contributed by atoms with Gasteiger partial charge >= 0.3 is 0 Å². The summed E-state index contributed by atoms with van der Waals surface area (Å²) >= 11 is 7.28. The lowest BCUT2D eigenvalue weighted by Gasteiger charge is -2.17. The molecular weight excluding hydrogens is 474 g/mol. The van der Waals surface area contributed by atoms with Crippen molar-refractivity contribution in [1.29, 1.82) is 0 Å². The van der Waals surface area contributed by atoms with Crippen molar-refractivity contribution in [2.24, 2.45) is 0 Å². The van der Waals surface area contributed by atoms with Crippen LogP contribution in [-0.4, -0.2) is 42.4 Å². The monoisotopic (exact) mass is 503 g/mol. The summed E-state index contributed by atoms with van der Waals surface area (Å²) in [6.07, 6.45) is 1.56. The Kier molecular flexibility index (Phi) is 8.55. The molecule has 2 amide bonds. The number of rotatable bonds is 9. The Morgan fingerprint density at radius 3 is 2.47 bits per heavy atom. The Labute approximate surface area is 210 Å². The van der Waals surface area contributed by atoms with Gasteiger partial charge in [-0.25, -0.2) is 0 Å². The summed E-state index contributed by atoms with van der Waals surface area (Å²) < 4.78 is 17.1. The van der Waals surface area contributed by atoms with Crippen molar-refractivity contribution in [3.63, 3.8) is 0 Å². The van der Waals surface area contributed by atoms with Gasteiger partial charge in [0.1, 0.15) is 12.4 Å². The molecule has 0 spiro atoms. The highest BCUT2D eigenvalue weighted by molar-refractivity contribution is 8.18. The van der Waals surface area contributed by atoms with Crippen molar-refractivity contribution in [2.75, 3.05) is 20.3 Å². The predicted molar refractivity (Wildman–Crippen MR) is 137 cm³/mol. The second kappa shape index (κ2) is 11.2. The Morgan fingerprint density at radius 1 is 1.09 bits per heavy atom. The average Bonchev–Trinajstić information content (AvgIpc) is 3.02. The molecule has 0 bridgehead atoms. The Morgan fingerprint density at radius 2 is 1.82 bits per heavy atom. The second-order valence-corrected chi connectivity index (χ2v) is 9.98. The van der Waals surface area contributed by atoms with E-state index in [0.29, 0.717) is 32.9 Å². The number of hydrogen-bond donors (Lipinski definition) is 0. The molecule has 3 rings (SSSR count). The number of carbonyl (C=O) groups is 2. The summed E-state index contributed by atoms with van der Waals surface area (Å²) in [6.45, 7) is 10.4. The van der Waals surface area contributed by atoms with E-state index in [1.165, 1.54) is 12.0 Å². The van der Waals surface area contributed by atoms with E-state index >= 15 is 0 Å². The number of carbonyl (C=O) groups excluding carboxylic acids is 2. The van der Waals surface area contributed by atoms with E-state index in [4.69, 9.17) is 25.8 Å². The third-order valence-corrected chi connectivity index (χ3v) is 6.33. The van der Waals surface area contributed by atoms with E-state index in [1.807, 2.05) is 32.9 Å². The van der Waals surface area contributed by atoms with E-state index < -0.39 is 0 Å². The van der Waals surface area contributed by atoms with Gasteiger partial charge in [0.05, 0.1) is 29.7 Å². The molecule has 1 fully saturated rings. The molecule has 182 valence electrons. The number of nitrogens with zero attached hydrogens (tertiary/aromatic N) is 1. The van der Waals surface area contributed by atoms with Crippen molar-refractivity contribution in [2.45, 2.75) is 46.6 Å². The van der Waals surface area contributed by atoms with Gasteiger partial charge in [-0.05, 0) is 79.4 Å². The summed E-state index contributed by atoms with van der Waals surface area (Å²) in [7, 11) is 1.52. The molecule has 0 atom stereocenters. The molecule has 2 aromatic rings. The Bertz CT molecular complexity index is 1110. The van der Waals surface area contributed by atoms with E-state index in [0.717, 1.165) is 28.6 Å². The zero-order chi connectivity index (χ0) is 25.0. The largest absolute Gasteiger partial charge is 0.493 e. The molecule has 8 heteroatoms. The molecule has 0 saturated carbocycles. The van der Waals surface area contributed by atoms with E-state index in [2.05, 4.69) is 19.9 Å². The lowest BCUT2D eigenvalue weighted by molar-refractivity contribution is -0.123. The van der Waals surface area contributed by atoms with Crippen LogP contribution in [0.25, 0.3) is 6.08 Å². The molecule has 34 heavy (non-hydrogen) atoms. The lowest BCUT2D eigenvalue weighted by Crippen LogP contribution is -2.32. The van der Waals surface area contributed by atoms with Gasteiger partial charge in [-0.1, -0.05) is 37.6 Å². The standard InChI is InChI=1S/C26H30ClNO5S/c1-15(2)19-8-7-17(5)11-21(19)32-10-9-28-25(29)23(34-26(28)30)14-18-12-20(27)24(33-16(3)4)22(13-18)31-6/h7-8,11-16H,9-10H2,1-6H3/b23-14-. The first-order chi connectivity index (χ1) is 16.1. The highest BCUT2D eigenvalue weighted by Crippen LogP contribution is 2.39. The summed E-state index contributed by atoms with van der Waals surface area (Å²) in [4.78, 5) is 27.0. The van der Waals surface area contributed by atoms with Gasteiger partial charge in [-0.15, -0.1) is 0 Å². The maximum atomic E-state index is 12.9. The minimum Gasteiger partial charge on any atom is -0.493 e. The molecular formula is C26H30ClNO5S. The minimum absolute atomic E-state index is 0.0765. The number of aryl methyl sites for hydroxylation is 1. The van der Waals surface area contributed by atoms with Crippen molar-refractivity contribution in [1.82, 2.24) is 4.90 Å². The topological polar surface area (TPSA) is 65.1 Å². The van der Waals surface area contributed by atoms with Gasteiger partial charge in [0.15, 0.2) is 11.5 Å². The SMILES string of the molecule is COc1cc(/C=C2\SC(=O)N(CCOc3cc(C)ccc3C(C)C)C2=O)cc(Cl)c1OC(C)C. The quantitative estimate of drug-likeness (QED) is 0.355. The Balaban J connectivity index is 1.73. The fourth-order valence-electron chi connectivity index (χ4n) is 3.51. The molecule has 0 radical (unpaired) electrons. The number of ether oxygens (including phenoxy) is 3. The molecule has 2 aromatic carbocycles. The minimum atomic E-state index is -0.357. The van der Waals surface area contributed by atoms with Crippen LogP contribution in [0.2, 0.25) is 5.02 Å². The smallest absolute Gasteiger partial charge is 0.293 e. The van der Waals surface area contributed by atoms with E-state index in [9.17, 15) is 9.59 Å². The van der Waals surface area contributed by atoms with E-state index in [-0.39, 0.29) is 30.4 Å². The van der Waals surface area contributed by atoms with Gasteiger partial charge in [0, 0.05) is 0 Å². The number of thioether (sulfide) groups is 1. The van der Waals surface area contributed by atoms with Crippen molar-refractivity contribution in [3.05, 3.63) is 56.9 Å². The predicted octanol–water partition coefficient (Wildman–Crippen LogP) is 6.68. The van der Waals surface area contributed by atoms with Crippen molar-refractivity contribution in [3.8, 4) is 17.2 Å². The molecule has 1 aliphatic rings. The lowest BCUT2D eigenvalue weighted by atomic mass is 10.0. The molecule has 1 heterocycles. The fraction of sp³-hybridized carbons (Fsp3) is 0.385. The van der Waals surface area contributed by atoms with Crippen LogP contribution in [0.1, 0.15) is 50.3 Å². The summed E-state index contributed by atoms with van der Waals surface area (Å²) in [5, 5.41) is 0.0389. The van der Waals surface area contributed by atoms with Crippen LogP contribution in [0.5, 0.6) is 17.2 Å². The van der Waals surface area contributed by atoms with Gasteiger partial charge in [0.25, 0.3) is 11.1 Å². The number of amides is 2. The van der Waals surface area contributed by atoms with Crippen LogP contribution in [0.4, 0.5) is 4.79 Å². The third-order valence-electron chi connectivity index (χ3n) is 5.14. The molecule has 0 N–H and O–H groups in total. The van der Waals surface area contributed by atoms with Crippen LogP contribution in [-0.2, 0) is 4.79 Å². The molecule has 0 aliphatic carbocycles. The van der Waals surface area contributed by atoms with Crippen molar-refractivity contribution < 1.29 is 23.8 Å². The van der Waals surface area contributed by atoms with Gasteiger partial charge < -0.3 is 14.2 Å². The summed E-state index contributed by atoms with van der Waals surface area (Å²) in [5.41, 5.74) is 2.82. The number of hydrogen-bond acceptors (Lipinski definition) is 6. The van der Waals surface area contributed by atoms with Gasteiger partial charge in [-0.3, -0.25) is 14.5 Å². The first-order valence-corrected chi connectivity index (χ1v) is 12.3. The van der Waals surface area contributed by atoms with Crippen LogP contribution in [0.15, 0.2) is 35.2 Å². The highest BCUT2D eigenvalue weighted by Gasteiger charge is 2.35. The maximum Gasteiger partial charge on any atom is 0.293 e. The normalized spacial score (nSPS) is 15.1. The van der Waals surface area contributed by atoms with Crippen molar-refractivity contribution >= 4 is 40.6 Å². The summed E-state index contributed by atoms with van der Waals surface area (Å²) in [6, 6.07) is 9.49. The Hall–Kier alpha value is -2.64. The van der Waals surface area contributed by atoms with Crippen LogP contribution in [0, 0.1) is 6.92 Å². The van der Waals surface area contributed by atoms with E-state index in [1.54, 1.807) is 18.2 Å². The second-order valence-electron chi connectivity index (χ2n) is 8.58. The summed E-state index contributed by atoms with van der Waals surface area (Å²) in [5.74, 6) is 1.63. The molecule has 6 nitrogen and oxygen atoms in total. The van der Waals surface area contributed by atoms with Gasteiger partial charge in [0.2, 0.25) is 0 Å². The maximum absolute atomic E-state index is 12.9. The molecule has 0 aromatic heterocycles. The third kappa shape index (κ3) is 6.07. The first kappa shape index (κ1) is 26.0. The molecule has 0 unspecified atom stereocenters. The number of benzene rings is 2. The first-order valence-electron chi connectivity index (χ1n) is 11.1.